The zero-order valence-corrected chi connectivity index (χ0v) is 25.9. The average molecular weight is 659 g/mol. The van der Waals surface area contributed by atoms with Crippen LogP contribution in [0.5, 0.6) is 5.75 Å². The van der Waals surface area contributed by atoms with Gasteiger partial charge in [0.2, 0.25) is 0 Å². The SMILES string of the molecule is FC(F)(F)Oc1ccccc1-c1noc(C2CC2)c1COC1CC2CCC(C1)C2Nc1cnc2c(-c3nnn[nH]3)cc(C3CC3)cc2n1. The van der Waals surface area contributed by atoms with Crippen molar-refractivity contribution in [3.05, 3.63) is 59.5 Å². The minimum Gasteiger partial charge on any atom is -0.405 e. The molecule has 4 saturated carbocycles. The molecule has 3 heterocycles. The first-order chi connectivity index (χ1) is 23.4. The summed E-state index contributed by atoms with van der Waals surface area (Å²) in [5.74, 6) is 3.26. The topological polar surface area (TPSA) is 137 Å². The highest BCUT2D eigenvalue weighted by Gasteiger charge is 2.44. The van der Waals surface area contributed by atoms with Crippen molar-refractivity contribution in [1.82, 2.24) is 35.7 Å². The van der Waals surface area contributed by atoms with Crippen LogP contribution in [0.25, 0.3) is 33.7 Å². The van der Waals surface area contributed by atoms with Crippen molar-refractivity contribution in [2.45, 2.75) is 88.3 Å². The summed E-state index contributed by atoms with van der Waals surface area (Å²) in [6, 6.07) is 10.6. The molecule has 14 heteroatoms. The highest BCUT2D eigenvalue weighted by molar-refractivity contribution is 5.91. The molecule has 11 nitrogen and oxygen atoms in total. The van der Waals surface area contributed by atoms with Gasteiger partial charge in [0.05, 0.1) is 29.9 Å². The number of hydrogen-bond donors (Lipinski definition) is 2. The summed E-state index contributed by atoms with van der Waals surface area (Å²) in [6.07, 6.45) is 5.16. The van der Waals surface area contributed by atoms with Crippen LogP contribution in [0, 0.1) is 11.8 Å². The van der Waals surface area contributed by atoms with E-state index in [2.05, 4.69) is 48.0 Å². The van der Waals surface area contributed by atoms with Gasteiger partial charge in [-0.05, 0) is 109 Å². The second kappa shape index (κ2) is 11.5. The van der Waals surface area contributed by atoms with Gasteiger partial charge in [-0.15, -0.1) is 18.3 Å². The van der Waals surface area contributed by atoms with Crippen molar-refractivity contribution in [2.24, 2.45) is 11.8 Å². The predicted octanol–water partition coefficient (Wildman–Crippen LogP) is 7.30. The number of para-hydroxylation sites is 1. The number of benzene rings is 2. The van der Waals surface area contributed by atoms with Gasteiger partial charge in [-0.1, -0.05) is 17.3 Å². The van der Waals surface area contributed by atoms with E-state index in [1.54, 1.807) is 18.3 Å². The van der Waals surface area contributed by atoms with E-state index in [0.717, 1.165) is 60.9 Å². The van der Waals surface area contributed by atoms with Crippen molar-refractivity contribution < 1.29 is 27.2 Å². The molecule has 0 radical (unpaired) electrons. The number of halogens is 3. The Morgan fingerprint density at radius 2 is 1.75 bits per heavy atom. The Bertz CT molecular complexity index is 1940. The number of tetrazole rings is 1. The van der Waals surface area contributed by atoms with Crippen LogP contribution in [0.15, 0.2) is 47.1 Å². The fourth-order valence-electron chi connectivity index (χ4n) is 7.75. The molecule has 4 aliphatic rings. The Balaban J connectivity index is 0.915. The maximum atomic E-state index is 13.2. The molecule has 5 aromatic rings. The number of ether oxygens (including phenoxy) is 2. The van der Waals surface area contributed by atoms with Gasteiger partial charge in [-0.25, -0.2) is 15.1 Å². The molecule has 2 bridgehead atoms. The van der Waals surface area contributed by atoms with Gasteiger partial charge in [0.15, 0.2) is 5.82 Å². The molecule has 248 valence electrons. The molecular weight excluding hydrogens is 625 g/mol. The van der Waals surface area contributed by atoms with Gasteiger partial charge in [-0.2, -0.15) is 0 Å². The summed E-state index contributed by atoms with van der Waals surface area (Å²) in [5.41, 5.74) is 4.96. The van der Waals surface area contributed by atoms with Crippen LogP contribution in [-0.4, -0.2) is 54.3 Å². The number of hydrogen-bond acceptors (Lipinski definition) is 10. The van der Waals surface area contributed by atoms with E-state index in [0.29, 0.717) is 40.6 Å². The first kappa shape index (κ1) is 29.5. The highest BCUT2D eigenvalue weighted by Crippen LogP contribution is 2.48. The molecule has 0 saturated heterocycles. The van der Waals surface area contributed by atoms with Crippen LogP contribution in [0.2, 0.25) is 0 Å². The molecule has 4 aliphatic carbocycles. The maximum Gasteiger partial charge on any atom is 0.573 e. The lowest BCUT2D eigenvalue weighted by molar-refractivity contribution is -0.274. The molecule has 2 aromatic carbocycles. The van der Waals surface area contributed by atoms with Crippen molar-refractivity contribution in [3.8, 4) is 28.4 Å². The zero-order valence-electron chi connectivity index (χ0n) is 25.9. The number of nitrogens with zero attached hydrogens (tertiary/aromatic N) is 6. The van der Waals surface area contributed by atoms with Crippen LogP contribution in [-0.2, 0) is 11.3 Å². The smallest absolute Gasteiger partial charge is 0.405 e. The third-order valence-electron chi connectivity index (χ3n) is 10.3. The standard InChI is InChI=1S/C34H33F3N8O3/c35-34(36,37)47-27-4-2-1-3-23(27)30-25(32(48-43-30)18-7-8-18)16-46-22-11-19-9-10-20(12-22)29(19)40-28-15-38-31-24(33-41-44-45-42-33)13-21(17-5-6-17)14-26(31)39-28/h1-4,13-15,17-20,22,29H,5-12,16H2,(H,39,40)(H,41,42,44,45). The summed E-state index contributed by atoms with van der Waals surface area (Å²) < 4.78 is 56.2. The fourth-order valence-corrected chi connectivity index (χ4v) is 7.75. The fraction of sp³-hybridized carbons (Fsp3) is 0.471. The molecule has 2 N–H and O–H groups in total. The minimum absolute atomic E-state index is 0.0129. The number of aromatic amines is 1. The molecule has 0 aliphatic heterocycles. The van der Waals surface area contributed by atoms with E-state index >= 15 is 0 Å². The largest absolute Gasteiger partial charge is 0.573 e. The number of aromatic nitrogens is 7. The van der Waals surface area contributed by atoms with Gasteiger partial charge in [0, 0.05) is 28.7 Å². The number of nitrogens with one attached hydrogen (secondary N) is 2. The lowest BCUT2D eigenvalue weighted by atomic mass is 9.82. The van der Waals surface area contributed by atoms with E-state index in [9.17, 15) is 13.2 Å². The molecule has 4 fully saturated rings. The number of fused-ring (bicyclic) bond motifs is 3. The van der Waals surface area contributed by atoms with Crippen LogP contribution >= 0.6 is 0 Å². The van der Waals surface area contributed by atoms with Crippen LogP contribution in [0.3, 0.4) is 0 Å². The van der Waals surface area contributed by atoms with E-state index < -0.39 is 6.36 Å². The van der Waals surface area contributed by atoms with Gasteiger partial charge < -0.3 is 19.3 Å². The number of anilines is 1. The van der Waals surface area contributed by atoms with Gasteiger partial charge in [0.25, 0.3) is 0 Å². The van der Waals surface area contributed by atoms with Crippen molar-refractivity contribution in [1.29, 1.82) is 0 Å². The van der Waals surface area contributed by atoms with Gasteiger partial charge >= 0.3 is 6.36 Å². The molecule has 0 amide bonds. The number of alkyl halides is 3. The normalized spacial score (nSPS) is 23.9. The summed E-state index contributed by atoms with van der Waals surface area (Å²) >= 11 is 0. The predicted molar refractivity (Wildman–Crippen MR) is 167 cm³/mol. The summed E-state index contributed by atoms with van der Waals surface area (Å²) in [6.45, 7) is 0.218. The summed E-state index contributed by atoms with van der Waals surface area (Å²) in [7, 11) is 0. The average Bonchev–Trinajstić information content (AvgIpc) is 3.99. The van der Waals surface area contributed by atoms with Gasteiger partial charge in [0.1, 0.15) is 23.0 Å². The summed E-state index contributed by atoms with van der Waals surface area (Å²) in [5, 5.41) is 22.4. The Morgan fingerprint density at radius 3 is 2.48 bits per heavy atom. The van der Waals surface area contributed by atoms with Crippen molar-refractivity contribution in [2.75, 3.05) is 5.32 Å². The zero-order chi connectivity index (χ0) is 32.4. The second-order valence-electron chi connectivity index (χ2n) is 13.6. The van der Waals surface area contributed by atoms with E-state index in [-0.39, 0.29) is 36.0 Å². The molecule has 2 atom stereocenters. The monoisotopic (exact) mass is 658 g/mol. The third kappa shape index (κ3) is 5.75. The molecule has 0 spiro atoms. The van der Waals surface area contributed by atoms with Crippen LogP contribution in [0.4, 0.5) is 19.0 Å². The molecule has 9 rings (SSSR count). The quantitative estimate of drug-likeness (QED) is 0.157. The lowest BCUT2D eigenvalue weighted by Gasteiger charge is -2.36. The molecule has 2 unspecified atom stereocenters. The lowest BCUT2D eigenvalue weighted by Crippen LogP contribution is -2.39. The third-order valence-corrected chi connectivity index (χ3v) is 10.3. The van der Waals surface area contributed by atoms with Gasteiger partial charge in [-0.3, -0.25) is 0 Å². The van der Waals surface area contributed by atoms with E-state index in [1.165, 1.54) is 30.5 Å². The first-order valence-corrected chi connectivity index (χ1v) is 16.6. The van der Waals surface area contributed by atoms with Crippen LogP contribution < -0.4 is 10.1 Å². The number of H-pyrrole nitrogens is 1. The highest BCUT2D eigenvalue weighted by atomic mass is 19.4. The second-order valence-corrected chi connectivity index (χ2v) is 13.6. The Morgan fingerprint density at radius 1 is 0.958 bits per heavy atom. The molecular formula is C34H33F3N8O3. The van der Waals surface area contributed by atoms with Crippen LogP contribution in [0.1, 0.15) is 80.1 Å². The maximum absolute atomic E-state index is 13.2. The van der Waals surface area contributed by atoms with E-state index in [1.807, 2.05) is 0 Å². The Hall–Kier alpha value is -4.59. The van der Waals surface area contributed by atoms with E-state index in [4.69, 9.17) is 19.2 Å². The number of rotatable bonds is 10. The Kier molecular flexibility index (Phi) is 7.10. The minimum atomic E-state index is -4.82. The van der Waals surface area contributed by atoms with Crippen molar-refractivity contribution >= 4 is 16.9 Å². The Labute approximate surface area is 273 Å². The molecule has 3 aromatic heterocycles. The summed E-state index contributed by atoms with van der Waals surface area (Å²) in [4.78, 5) is 9.81. The van der Waals surface area contributed by atoms with Crippen molar-refractivity contribution in [3.63, 3.8) is 0 Å². The first-order valence-electron chi connectivity index (χ1n) is 16.6. The molecule has 48 heavy (non-hydrogen) atoms.